The van der Waals surface area contributed by atoms with Gasteiger partial charge in [0, 0.05) is 18.3 Å². The van der Waals surface area contributed by atoms with Crippen molar-refractivity contribution in [2.75, 3.05) is 6.54 Å². The number of carbonyl (C=O) groups is 1. The van der Waals surface area contributed by atoms with E-state index in [1.54, 1.807) is 4.52 Å². The topological polar surface area (TPSA) is 70.7 Å². The summed E-state index contributed by atoms with van der Waals surface area (Å²) in [6.07, 6.45) is 4.64. The Morgan fingerprint density at radius 1 is 1.06 bits per heavy atom. The van der Waals surface area contributed by atoms with E-state index in [-0.39, 0.29) is 0 Å². The van der Waals surface area contributed by atoms with E-state index in [1.165, 1.54) is 11.1 Å². The number of hydrogen-bond donors (Lipinski definition) is 1. The van der Waals surface area contributed by atoms with Crippen LogP contribution in [-0.4, -0.2) is 43.2 Å². The van der Waals surface area contributed by atoms with Crippen molar-refractivity contribution in [3.63, 3.8) is 0 Å². The molecule has 0 saturated carbocycles. The summed E-state index contributed by atoms with van der Waals surface area (Å²) in [5.74, 6) is -0.0388. The molecule has 5 rings (SSSR count). The van der Waals surface area contributed by atoms with E-state index >= 15 is 0 Å². The van der Waals surface area contributed by atoms with Crippen molar-refractivity contribution in [1.29, 1.82) is 0 Å². The average molecular weight is 427 g/mol. The summed E-state index contributed by atoms with van der Waals surface area (Å²) in [6.45, 7) is 3.53. The molecular weight excluding hydrogens is 400 g/mol. The second-order valence-corrected chi connectivity index (χ2v) is 8.44. The Bertz CT molecular complexity index is 1270. The molecule has 0 amide bonds. The number of benzene rings is 2. The lowest BCUT2D eigenvalue weighted by molar-refractivity contribution is -0.144. The predicted octanol–water partition coefficient (Wildman–Crippen LogP) is 4.81. The normalized spacial score (nSPS) is 17.0. The fourth-order valence-corrected chi connectivity index (χ4v) is 4.64. The van der Waals surface area contributed by atoms with E-state index in [2.05, 4.69) is 36.1 Å². The molecule has 1 atom stereocenters. The van der Waals surface area contributed by atoms with Gasteiger partial charge in [-0.3, -0.25) is 9.69 Å². The molecule has 1 N–H and O–H groups in total. The Hall–Kier alpha value is -3.51. The lowest BCUT2D eigenvalue weighted by Crippen LogP contribution is -2.44. The summed E-state index contributed by atoms with van der Waals surface area (Å²) in [6, 6.07) is 20.2. The Labute approximate surface area is 187 Å². The number of nitrogens with zero attached hydrogens (tertiary/aromatic N) is 4. The molecule has 6 heteroatoms. The number of rotatable bonds is 5. The van der Waals surface area contributed by atoms with Gasteiger partial charge in [-0.15, -0.1) is 5.10 Å². The molecule has 2 aromatic carbocycles. The number of aliphatic carboxylic acids is 1. The molecule has 0 bridgehead atoms. The summed E-state index contributed by atoms with van der Waals surface area (Å²) < 4.78 is 1.79. The lowest BCUT2D eigenvalue weighted by Gasteiger charge is -2.32. The maximum atomic E-state index is 11.6. The maximum Gasteiger partial charge on any atom is 0.320 e. The van der Waals surface area contributed by atoms with Crippen molar-refractivity contribution in [2.45, 2.75) is 38.8 Å². The second kappa shape index (κ2) is 8.55. The van der Waals surface area contributed by atoms with Gasteiger partial charge in [-0.1, -0.05) is 55.0 Å². The van der Waals surface area contributed by atoms with Crippen LogP contribution in [0.2, 0.25) is 0 Å². The van der Waals surface area contributed by atoms with Gasteiger partial charge in [0.2, 0.25) is 0 Å². The summed E-state index contributed by atoms with van der Waals surface area (Å²) >= 11 is 0. The van der Waals surface area contributed by atoms with Crippen molar-refractivity contribution in [3.05, 3.63) is 78.0 Å². The third-order valence-corrected chi connectivity index (χ3v) is 6.35. The highest BCUT2D eigenvalue weighted by atomic mass is 16.4. The minimum Gasteiger partial charge on any atom is -0.480 e. The van der Waals surface area contributed by atoms with Crippen LogP contribution in [0, 0.1) is 6.92 Å². The molecule has 0 aliphatic carbocycles. The van der Waals surface area contributed by atoms with Crippen LogP contribution >= 0.6 is 0 Å². The molecule has 1 aliphatic rings. The SMILES string of the molecule is Cc1c(-c2ccccc2)cccc1-c1nc2cc(CN3CCCC[C@H]3C(=O)O)ccn2n1. The third kappa shape index (κ3) is 3.89. The van der Waals surface area contributed by atoms with Gasteiger partial charge in [-0.25, -0.2) is 9.50 Å². The monoisotopic (exact) mass is 426 g/mol. The van der Waals surface area contributed by atoms with Gasteiger partial charge in [0.15, 0.2) is 11.5 Å². The molecule has 1 fully saturated rings. The zero-order valence-corrected chi connectivity index (χ0v) is 18.1. The van der Waals surface area contributed by atoms with Crippen molar-refractivity contribution < 1.29 is 9.90 Å². The molecule has 4 aromatic rings. The lowest BCUT2D eigenvalue weighted by atomic mass is 9.96. The van der Waals surface area contributed by atoms with Gasteiger partial charge in [-0.2, -0.15) is 0 Å². The summed E-state index contributed by atoms with van der Waals surface area (Å²) in [7, 11) is 0. The van der Waals surface area contributed by atoms with Crippen LogP contribution in [0.4, 0.5) is 0 Å². The number of carboxylic acid groups (broad SMARTS) is 1. The summed E-state index contributed by atoms with van der Waals surface area (Å²) in [4.78, 5) is 18.5. The molecule has 1 saturated heterocycles. The van der Waals surface area contributed by atoms with E-state index in [4.69, 9.17) is 10.1 Å². The van der Waals surface area contributed by atoms with Crippen molar-refractivity contribution in [3.8, 4) is 22.5 Å². The largest absolute Gasteiger partial charge is 0.480 e. The van der Waals surface area contributed by atoms with Crippen LogP contribution in [0.15, 0.2) is 66.9 Å². The number of aromatic nitrogens is 3. The number of carboxylic acids is 1. The Kier molecular flexibility index (Phi) is 5.45. The molecular formula is C26H26N4O2. The highest BCUT2D eigenvalue weighted by Gasteiger charge is 2.28. The Balaban J connectivity index is 1.46. The Morgan fingerprint density at radius 3 is 2.69 bits per heavy atom. The highest BCUT2D eigenvalue weighted by Crippen LogP contribution is 2.30. The number of fused-ring (bicyclic) bond motifs is 1. The standard InChI is InChI=1S/C26H26N4O2/c1-18-21(20-8-3-2-4-9-20)10-7-11-22(18)25-27-24-16-19(13-15-30(24)28-25)17-29-14-6-5-12-23(29)26(31)32/h2-4,7-11,13,15-16,23H,5-6,12,14,17H2,1H3,(H,31,32)/t23-/m0/s1. The molecule has 3 heterocycles. The average Bonchev–Trinajstić information content (AvgIpc) is 3.23. The van der Waals surface area contributed by atoms with E-state index < -0.39 is 12.0 Å². The van der Waals surface area contributed by atoms with Crippen LogP contribution in [0.25, 0.3) is 28.2 Å². The summed E-state index contributed by atoms with van der Waals surface area (Å²) in [5, 5.41) is 14.3. The zero-order chi connectivity index (χ0) is 22.1. The highest BCUT2D eigenvalue weighted by molar-refractivity contribution is 5.76. The zero-order valence-electron chi connectivity index (χ0n) is 18.1. The molecule has 0 spiro atoms. The van der Waals surface area contributed by atoms with E-state index in [9.17, 15) is 9.90 Å². The van der Waals surface area contributed by atoms with Crippen LogP contribution in [0.1, 0.15) is 30.4 Å². The Morgan fingerprint density at radius 2 is 1.88 bits per heavy atom. The predicted molar refractivity (Wildman–Crippen MR) is 124 cm³/mol. The van der Waals surface area contributed by atoms with Crippen molar-refractivity contribution >= 4 is 11.6 Å². The smallest absolute Gasteiger partial charge is 0.320 e. The van der Waals surface area contributed by atoms with Crippen LogP contribution in [0.5, 0.6) is 0 Å². The number of pyridine rings is 1. The van der Waals surface area contributed by atoms with Crippen molar-refractivity contribution in [1.82, 2.24) is 19.5 Å². The van der Waals surface area contributed by atoms with E-state index in [0.717, 1.165) is 41.7 Å². The third-order valence-electron chi connectivity index (χ3n) is 6.35. The van der Waals surface area contributed by atoms with Crippen LogP contribution in [-0.2, 0) is 11.3 Å². The molecule has 6 nitrogen and oxygen atoms in total. The molecule has 1 aliphatic heterocycles. The fourth-order valence-electron chi connectivity index (χ4n) is 4.64. The van der Waals surface area contributed by atoms with Gasteiger partial charge in [0.1, 0.15) is 6.04 Å². The molecule has 0 unspecified atom stereocenters. The molecule has 162 valence electrons. The minimum atomic E-state index is -0.732. The number of piperidine rings is 1. The van der Waals surface area contributed by atoms with Crippen molar-refractivity contribution in [2.24, 2.45) is 0 Å². The second-order valence-electron chi connectivity index (χ2n) is 8.44. The first-order valence-electron chi connectivity index (χ1n) is 11.1. The molecule has 0 radical (unpaired) electrons. The maximum absolute atomic E-state index is 11.6. The minimum absolute atomic E-state index is 0.406. The number of likely N-dealkylation sites (tertiary alicyclic amines) is 1. The quantitative estimate of drug-likeness (QED) is 0.496. The molecule has 2 aromatic heterocycles. The fraction of sp³-hybridized carbons (Fsp3) is 0.269. The van der Waals surface area contributed by atoms with Gasteiger partial charge in [0.05, 0.1) is 0 Å². The van der Waals surface area contributed by atoms with Gasteiger partial charge in [0.25, 0.3) is 0 Å². The van der Waals surface area contributed by atoms with Crippen LogP contribution < -0.4 is 0 Å². The summed E-state index contributed by atoms with van der Waals surface area (Å²) in [5.41, 5.74) is 6.33. The van der Waals surface area contributed by atoms with Gasteiger partial charge >= 0.3 is 5.97 Å². The van der Waals surface area contributed by atoms with Crippen LogP contribution in [0.3, 0.4) is 0 Å². The first kappa shape index (κ1) is 20.4. The van der Waals surface area contributed by atoms with Gasteiger partial charge < -0.3 is 5.11 Å². The van der Waals surface area contributed by atoms with E-state index in [0.29, 0.717) is 18.8 Å². The first-order chi connectivity index (χ1) is 15.6. The molecule has 32 heavy (non-hydrogen) atoms. The van der Waals surface area contributed by atoms with E-state index in [1.807, 2.05) is 42.6 Å². The van der Waals surface area contributed by atoms with Gasteiger partial charge in [-0.05, 0) is 60.7 Å². The first-order valence-corrected chi connectivity index (χ1v) is 11.1. The number of hydrogen-bond acceptors (Lipinski definition) is 4.